The minimum absolute atomic E-state index is 0.0418. The van der Waals surface area contributed by atoms with E-state index >= 15 is 0 Å². The summed E-state index contributed by atoms with van der Waals surface area (Å²) in [5.74, 6) is 0.0542. The van der Waals surface area contributed by atoms with Gasteiger partial charge in [0.1, 0.15) is 10.3 Å². The quantitative estimate of drug-likeness (QED) is 0.598. The largest absolute Gasteiger partial charge is 0.432 e. The second kappa shape index (κ2) is 5.50. The molecule has 2 aromatic rings. The zero-order chi connectivity index (χ0) is 15.0. The first-order chi connectivity index (χ1) is 10.1. The molecule has 0 atom stereocenters. The number of hydrogen-bond donors (Lipinski definition) is 0. The summed E-state index contributed by atoms with van der Waals surface area (Å²) in [5.41, 5.74) is 1.52. The molecule has 0 saturated heterocycles. The minimum atomic E-state index is -0.299. The highest BCUT2D eigenvalue weighted by Crippen LogP contribution is 2.38. The first-order valence-corrected chi connectivity index (χ1v) is 7.32. The summed E-state index contributed by atoms with van der Waals surface area (Å²) in [7, 11) is 0. The maximum atomic E-state index is 12.3. The van der Waals surface area contributed by atoms with Crippen molar-refractivity contribution in [2.45, 2.75) is 6.54 Å². The van der Waals surface area contributed by atoms with Gasteiger partial charge in [0.2, 0.25) is 5.88 Å². The number of ether oxygens (including phenoxy) is 1. The van der Waals surface area contributed by atoms with E-state index in [2.05, 4.69) is 27.5 Å². The smallest absolute Gasteiger partial charge is 0.293 e. The third-order valence-corrected chi connectivity index (χ3v) is 4.18. The van der Waals surface area contributed by atoms with E-state index in [1.807, 2.05) is 30.3 Å². The molecule has 0 fully saturated rings. The summed E-state index contributed by atoms with van der Waals surface area (Å²) in [6.45, 7) is 4.03. The first-order valence-electron chi connectivity index (χ1n) is 6.15. The standard InChI is InChI=1S/C15H10BrClN2O2/c1-9-15(20)19(8-10-5-3-2-4-6-10)12-7-11(17)13(16)18-14(12)21-9/h2-7H,1,8H2. The highest BCUT2D eigenvalue weighted by Gasteiger charge is 2.31. The molecule has 0 spiro atoms. The molecule has 2 heterocycles. The molecule has 1 aliphatic rings. The zero-order valence-electron chi connectivity index (χ0n) is 10.8. The van der Waals surface area contributed by atoms with E-state index in [-0.39, 0.29) is 11.7 Å². The number of fused-ring (bicyclic) bond motifs is 1. The van der Waals surface area contributed by atoms with E-state index in [0.717, 1.165) is 5.56 Å². The molecule has 0 radical (unpaired) electrons. The van der Waals surface area contributed by atoms with Crippen LogP contribution < -0.4 is 9.64 Å². The van der Waals surface area contributed by atoms with E-state index in [9.17, 15) is 4.79 Å². The van der Waals surface area contributed by atoms with Crippen molar-refractivity contribution in [2.24, 2.45) is 0 Å². The molecular formula is C15H10BrClN2O2. The Morgan fingerprint density at radius 2 is 2.05 bits per heavy atom. The SMILES string of the molecule is C=C1Oc2nc(Br)c(Cl)cc2N(Cc2ccccc2)C1=O. The van der Waals surface area contributed by atoms with E-state index in [4.69, 9.17) is 16.3 Å². The Labute approximate surface area is 135 Å². The average Bonchev–Trinajstić information content (AvgIpc) is 2.47. The van der Waals surface area contributed by atoms with Gasteiger partial charge in [-0.3, -0.25) is 9.69 Å². The molecule has 1 aromatic heterocycles. The molecule has 6 heteroatoms. The highest BCUT2D eigenvalue weighted by atomic mass is 79.9. The fourth-order valence-corrected chi connectivity index (χ4v) is 2.47. The Balaban J connectivity index is 2.05. The zero-order valence-corrected chi connectivity index (χ0v) is 13.2. The van der Waals surface area contributed by atoms with Gasteiger partial charge in [-0.15, -0.1) is 0 Å². The van der Waals surface area contributed by atoms with Gasteiger partial charge in [-0.1, -0.05) is 48.5 Å². The van der Waals surface area contributed by atoms with Crippen LogP contribution in [0.4, 0.5) is 5.69 Å². The molecule has 0 bridgehead atoms. The van der Waals surface area contributed by atoms with Crippen molar-refractivity contribution < 1.29 is 9.53 Å². The fraction of sp³-hybridized carbons (Fsp3) is 0.0667. The Kier molecular flexibility index (Phi) is 3.69. The van der Waals surface area contributed by atoms with Crippen LogP contribution in [0.2, 0.25) is 5.02 Å². The maximum absolute atomic E-state index is 12.3. The lowest BCUT2D eigenvalue weighted by Crippen LogP contribution is -2.36. The lowest BCUT2D eigenvalue weighted by atomic mass is 10.2. The predicted molar refractivity (Wildman–Crippen MR) is 84.3 cm³/mol. The Hall–Kier alpha value is -1.85. The Bertz CT molecular complexity index is 734. The van der Waals surface area contributed by atoms with Crippen LogP contribution in [0.5, 0.6) is 5.88 Å². The molecule has 0 N–H and O–H groups in total. The molecule has 4 nitrogen and oxygen atoms in total. The van der Waals surface area contributed by atoms with Crippen molar-refractivity contribution in [1.29, 1.82) is 0 Å². The molecule has 0 saturated carbocycles. The lowest BCUT2D eigenvalue weighted by Gasteiger charge is -2.29. The van der Waals surface area contributed by atoms with Gasteiger partial charge in [0.25, 0.3) is 5.91 Å². The highest BCUT2D eigenvalue weighted by molar-refractivity contribution is 9.10. The number of carbonyl (C=O) groups excluding carboxylic acids is 1. The van der Waals surface area contributed by atoms with Crippen LogP contribution in [-0.2, 0) is 11.3 Å². The van der Waals surface area contributed by atoms with Crippen LogP contribution >= 0.6 is 27.5 Å². The van der Waals surface area contributed by atoms with Gasteiger partial charge in [0, 0.05) is 0 Å². The van der Waals surface area contributed by atoms with Gasteiger partial charge in [-0.25, -0.2) is 4.98 Å². The van der Waals surface area contributed by atoms with Crippen molar-refractivity contribution in [2.75, 3.05) is 4.90 Å². The summed E-state index contributed by atoms with van der Waals surface area (Å²) in [6, 6.07) is 11.3. The van der Waals surface area contributed by atoms with Crippen LogP contribution in [0.1, 0.15) is 5.56 Å². The molecule has 1 aromatic carbocycles. The summed E-state index contributed by atoms with van der Waals surface area (Å²) in [6.07, 6.45) is 0. The number of carbonyl (C=O) groups is 1. The number of halogens is 2. The van der Waals surface area contributed by atoms with Gasteiger partial charge in [-0.05, 0) is 27.6 Å². The maximum Gasteiger partial charge on any atom is 0.293 e. The van der Waals surface area contributed by atoms with Gasteiger partial charge in [0.05, 0.1) is 11.6 Å². The van der Waals surface area contributed by atoms with Crippen molar-refractivity contribution in [1.82, 2.24) is 4.98 Å². The van der Waals surface area contributed by atoms with E-state index in [1.165, 1.54) is 0 Å². The van der Waals surface area contributed by atoms with Gasteiger partial charge in [0.15, 0.2) is 5.76 Å². The van der Waals surface area contributed by atoms with Crippen LogP contribution in [0.15, 0.2) is 53.3 Å². The van der Waals surface area contributed by atoms with Crippen LogP contribution in [0.25, 0.3) is 0 Å². The third-order valence-electron chi connectivity index (χ3n) is 3.06. The monoisotopic (exact) mass is 364 g/mol. The van der Waals surface area contributed by atoms with Crippen molar-refractivity contribution in [3.05, 3.63) is 63.9 Å². The van der Waals surface area contributed by atoms with Crippen molar-refractivity contribution in [3.8, 4) is 5.88 Å². The van der Waals surface area contributed by atoms with Crippen molar-refractivity contribution in [3.63, 3.8) is 0 Å². The van der Waals surface area contributed by atoms with E-state index in [0.29, 0.717) is 27.7 Å². The number of aromatic nitrogens is 1. The molecule has 0 aliphatic carbocycles. The van der Waals surface area contributed by atoms with E-state index in [1.54, 1.807) is 11.0 Å². The van der Waals surface area contributed by atoms with Crippen LogP contribution in [0.3, 0.4) is 0 Å². The molecule has 3 rings (SSSR count). The summed E-state index contributed by atoms with van der Waals surface area (Å²) >= 11 is 9.31. The predicted octanol–water partition coefficient (Wildman–Crippen LogP) is 3.94. The summed E-state index contributed by atoms with van der Waals surface area (Å²) < 4.78 is 5.83. The summed E-state index contributed by atoms with van der Waals surface area (Å²) in [5, 5.41) is 0.413. The van der Waals surface area contributed by atoms with Gasteiger partial charge < -0.3 is 4.74 Å². The molecule has 1 amide bonds. The van der Waals surface area contributed by atoms with Crippen LogP contribution in [-0.4, -0.2) is 10.9 Å². The Morgan fingerprint density at radius 1 is 1.33 bits per heavy atom. The molecule has 0 unspecified atom stereocenters. The summed E-state index contributed by atoms with van der Waals surface area (Å²) in [4.78, 5) is 18.1. The van der Waals surface area contributed by atoms with Crippen molar-refractivity contribution >= 4 is 39.1 Å². The average molecular weight is 366 g/mol. The second-order valence-electron chi connectivity index (χ2n) is 4.49. The fourth-order valence-electron chi connectivity index (χ4n) is 2.05. The molecule has 21 heavy (non-hydrogen) atoms. The van der Waals surface area contributed by atoms with Crippen LogP contribution in [0, 0.1) is 0 Å². The number of pyridine rings is 1. The molecule has 106 valence electrons. The van der Waals surface area contributed by atoms with Gasteiger partial charge in [-0.2, -0.15) is 0 Å². The molecular weight excluding hydrogens is 356 g/mol. The number of hydrogen-bond acceptors (Lipinski definition) is 3. The lowest BCUT2D eigenvalue weighted by molar-refractivity contribution is -0.117. The molecule has 1 aliphatic heterocycles. The third kappa shape index (κ3) is 2.66. The minimum Gasteiger partial charge on any atom is -0.432 e. The van der Waals surface area contributed by atoms with Gasteiger partial charge >= 0.3 is 0 Å². The number of nitrogens with zero attached hydrogens (tertiary/aromatic N) is 2. The first kappa shape index (κ1) is 14.1. The number of benzene rings is 1. The second-order valence-corrected chi connectivity index (χ2v) is 5.65. The Morgan fingerprint density at radius 3 is 2.76 bits per heavy atom. The topological polar surface area (TPSA) is 42.4 Å². The number of rotatable bonds is 2. The number of anilines is 1. The van der Waals surface area contributed by atoms with E-state index < -0.39 is 0 Å². The normalized spacial score (nSPS) is 13.9. The number of amides is 1.